The van der Waals surface area contributed by atoms with E-state index in [-0.39, 0.29) is 10.8 Å². The lowest BCUT2D eigenvalue weighted by Gasteiger charge is -2.26. The molecule has 63 heavy (non-hydrogen) atoms. The molecule has 3 aromatic heterocycles. The molecule has 0 saturated heterocycles. The number of hydrogen-bond donors (Lipinski definition) is 0. The molecule has 0 atom stereocenters. The minimum Gasteiger partial charge on any atom is -0.496 e. The fraction of sp³-hybridized carbons (Fsp3) is 0.153. The third kappa shape index (κ3) is 7.46. The highest BCUT2D eigenvalue weighted by molar-refractivity contribution is 6.14. The van der Waals surface area contributed by atoms with Gasteiger partial charge in [0.1, 0.15) is 5.75 Å². The number of rotatable bonds is 7. The smallest absolute Gasteiger partial charge is 0.128 e. The zero-order chi connectivity index (χ0) is 43.5. The monoisotopic (exact) mass is 817 g/mol. The van der Waals surface area contributed by atoms with E-state index in [4.69, 9.17) is 14.7 Å². The van der Waals surface area contributed by atoms with Crippen LogP contribution in [-0.2, 0) is 10.8 Å². The first-order valence-electron chi connectivity index (χ1n) is 21.8. The van der Waals surface area contributed by atoms with Crippen molar-refractivity contribution in [1.29, 1.82) is 0 Å². The minimum atomic E-state index is -0.0221. The summed E-state index contributed by atoms with van der Waals surface area (Å²) in [6.45, 7) is 13.7. The molecule has 0 fully saturated rings. The molecule has 0 radical (unpaired) electrons. The van der Waals surface area contributed by atoms with E-state index < -0.39 is 0 Å². The lowest BCUT2D eigenvalue weighted by Crippen LogP contribution is -2.16. The third-order valence-electron chi connectivity index (χ3n) is 12.4. The van der Waals surface area contributed by atoms with Crippen LogP contribution in [0.25, 0.3) is 94.3 Å². The quantitative estimate of drug-likeness (QED) is 0.161. The number of fused-ring (bicyclic) bond motifs is 4. The fourth-order valence-electron chi connectivity index (χ4n) is 8.93. The first kappa shape index (κ1) is 39.8. The van der Waals surface area contributed by atoms with Crippen LogP contribution in [0, 0.1) is 0 Å². The largest absolute Gasteiger partial charge is 0.496 e. The SMILES string of the molecule is COc1ccccc1-c1cc(-c2cc(C(C)(C)C)cc(C(C)(C)C)c2)cc(-c2cccc(-c3cc(-c4cccc5c6ccccc6n(-c6ccc7ccccc7c6)c45)ccn3)c2)n1. The van der Waals surface area contributed by atoms with Crippen molar-refractivity contribution < 1.29 is 4.74 Å². The number of para-hydroxylation sites is 3. The summed E-state index contributed by atoms with van der Waals surface area (Å²) < 4.78 is 8.31. The molecular formula is C59H51N3O. The highest BCUT2D eigenvalue weighted by Crippen LogP contribution is 2.41. The standard InChI is InChI=1S/C59H51N3O/c1-58(2,3)45-31-43(32-46(37-45)59(4,5)6)44-35-53(61-54(36-44)51-21-11-13-25-56(51)63-7)42-19-14-18-41(30-42)52-34-40(28-29-60-52)48-22-15-23-50-49-20-10-12-24-55(49)62(57(48)50)47-27-26-38-16-8-9-17-39(38)33-47/h8-37H,1-7H3. The van der Waals surface area contributed by atoms with Crippen molar-refractivity contribution in [3.05, 3.63) is 193 Å². The second-order valence-corrected chi connectivity index (χ2v) is 18.7. The summed E-state index contributed by atoms with van der Waals surface area (Å²) >= 11 is 0. The second kappa shape index (κ2) is 15.6. The summed E-state index contributed by atoms with van der Waals surface area (Å²) in [5.74, 6) is 0.788. The normalized spacial score (nSPS) is 12.0. The van der Waals surface area contributed by atoms with Crippen LogP contribution in [0.2, 0.25) is 0 Å². The van der Waals surface area contributed by atoms with Crippen LogP contribution in [0.3, 0.4) is 0 Å². The average molecular weight is 818 g/mol. The lowest BCUT2D eigenvalue weighted by atomic mass is 9.79. The molecule has 10 aromatic rings. The van der Waals surface area contributed by atoms with E-state index in [0.717, 1.165) is 61.9 Å². The highest BCUT2D eigenvalue weighted by Gasteiger charge is 2.23. The van der Waals surface area contributed by atoms with E-state index in [1.807, 2.05) is 24.4 Å². The maximum absolute atomic E-state index is 5.89. The van der Waals surface area contributed by atoms with Gasteiger partial charge in [0, 0.05) is 44.9 Å². The maximum Gasteiger partial charge on any atom is 0.128 e. The Hall–Kier alpha value is -7.30. The molecule has 0 spiro atoms. The molecule has 0 aliphatic rings. The predicted molar refractivity (Wildman–Crippen MR) is 265 cm³/mol. The van der Waals surface area contributed by atoms with Crippen molar-refractivity contribution in [2.24, 2.45) is 0 Å². The Morgan fingerprint density at radius 1 is 0.444 bits per heavy atom. The van der Waals surface area contributed by atoms with Gasteiger partial charge in [-0.05, 0) is 110 Å². The van der Waals surface area contributed by atoms with Gasteiger partial charge >= 0.3 is 0 Å². The Bertz CT molecular complexity index is 3330. The molecule has 0 amide bonds. The zero-order valence-electron chi connectivity index (χ0n) is 37.1. The van der Waals surface area contributed by atoms with E-state index in [1.54, 1.807) is 7.11 Å². The molecule has 3 heterocycles. The Morgan fingerprint density at radius 3 is 1.84 bits per heavy atom. The van der Waals surface area contributed by atoms with Gasteiger partial charge in [-0.3, -0.25) is 4.98 Å². The van der Waals surface area contributed by atoms with Crippen LogP contribution in [0.5, 0.6) is 5.75 Å². The van der Waals surface area contributed by atoms with Crippen molar-refractivity contribution in [1.82, 2.24) is 14.5 Å². The third-order valence-corrected chi connectivity index (χ3v) is 12.4. The molecule has 0 aliphatic carbocycles. The molecule has 10 rings (SSSR count). The molecule has 7 aromatic carbocycles. The van der Waals surface area contributed by atoms with Crippen LogP contribution in [0.1, 0.15) is 52.7 Å². The zero-order valence-corrected chi connectivity index (χ0v) is 37.1. The van der Waals surface area contributed by atoms with E-state index in [2.05, 4.69) is 204 Å². The molecule has 308 valence electrons. The van der Waals surface area contributed by atoms with Crippen LogP contribution in [0.4, 0.5) is 0 Å². The van der Waals surface area contributed by atoms with Gasteiger partial charge in [-0.25, -0.2) is 4.98 Å². The molecule has 0 unspecified atom stereocenters. The topological polar surface area (TPSA) is 39.9 Å². The molecule has 0 aliphatic heterocycles. The first-order valence-corrected chi connectivity index (χ1v) is 21.8. The number of nitrogens with zero attached hydrogens (tertiary/aromatic N) is 3. The Kier molecular flexibility index (Phi) is 9.83. The molecule has 0 N–H and O–H groups in total. The van der Waals surface area contributed by atoms with E-state index >= 15 is 0 Å². The minimum absolute atomic E-state index is 0.0221. The van der Waals surface area contributed by atoms with Crippen LogP contribution < -0.4 is 4.74 Å². The highest BCUT2D eigenvalue weighted by atomic mass is 16.5. The Labute approximate surface area is 370 Å². The number of ether oxygens (including phenoxy) is 1. The molecule has 4 heteroatoms. The molecule has 0 saturated carbocycles. The van der Waals surface area contributed by atoms with Gasteiger partial charge in [0.05, 0.1) is 35.2 Å². The van der Waals surface area contributed by atoms with Crippen molar-refractivity contribution in [2.75, 3.05) is 7.11 Å². The van der Waals surface area contributed by atoms with Gasteiger partial charge in [-0.1, -0.05) is 157 Å². The van der Waals surface area contributed by atoms with Gasteiger partial charge < -0.3 is 9.30 Å². The lowest BCUT2D eigenvalue weighted by molar-refractivity contribution is 0.416. The predicted octanol–water partition coefficient (Wildman–Crippen LogP) is 15.7. The van der Waals surface area contributed by atoms with Crippen molar-refractivity contribution in [2.45, 2.75) is 52.4 Å². The second-order valence-electron chi connectivity index (χ2n) is 18.7. The van der Waals surface area contributed by atoms with E-state index in [1.165, 1.54) is 49.3 Å². The number of pyridine rings is 2. The summed E-state index contributed by atoms with van der Waals surface area (Å²) in [5, 5.41) is 4.89. The number of methoxy groups -OCH3 is 1. The van der Waals surface area contributed by atoms with Crippen molar-refractivity contribution in [3.63, 3.8) is 0 Å². The number of aromatic nitrogens is 3. The van der Waals surface area contributed by atoms with Crippen molar-refractivity contribution >= 4 is 32.6 Å². The van der Waals surface area contributed by atoms with Crippen LogP contribution in [0.15, 0.2) is 182 Å². The van der Waals surface area contributed by atoms with E-state index in [9.17, 15) is 0 Å². The van der Waals surface area contributed by atoms with Gasteiger partial charge in [-0.15, -0.1) is 0 Å². The summed E-state index contributed by atoms with van der Waals surface area (Å²) in [6.07, 6.45) is 1.94. The number of benzene rings is 7. The average Bonchev–Trinajstić information content (AvgIpc) is 3.65. The summed E-state index contributed by atoms with van der Waals surface area (Å²) in [5.41, 5.74) is 16.2. The maximum atomic E-state index is 5.89. The molecular weight excluding hydrogens is 767 g/mol. The molecule has 4 nitrogen and oxygen atoms in total. The van der Waals surface area contributed by atoms with Crippen LogP contribution >= 0.6 is 0 Å². The van der Waals surface area contributed by atoms with Crippen LogP contribution in [-0.4, -0.2) is 21.6 Å². The van der Waals surface area contributed by atoms with Gasteiger partial charge in [0.2, 0.25) is 0 Å². The number of hydrogen-bond acceptors (Lipinski definition) is 3. The Balaban J connectivity index is 1.12. The van der Waals surface area contributed by atoms with Gasteiger partial charge in [0.25, 0.3) is 0 Å². The fourth-order valence-corrected chi connectivity index (χ4v) is 8.93. The summed E-state index contributed by atoms with van der Waals surface area (Å²) in [7, 11) is 1.72. The van der Waals surface area contributed by atoms with E-state index in [0.29, 0.717) is 0 Å². The molecule has 0 bridgehead atoms. The summed E-state index contributed by atoms with van der Waals surface area (Å²) in [6, 6.07) is 63.4. The Morgan fingerprint density at radius 2 is 1.06 bits per heavy atom. The first-order chi connectivity index (χ1) is 30.4. The summed E-state index contributed by atoms with van der Waals surface area (Å²) in [4.78, 5) is 10.3. The van der Waals surface area contributed by atoms with Gasteiger partial charge in [0.15, 0.2) is 0 Å². The van der Waals surface area contributed by atoms with Crippen molar-refractivity contribution in [3.8, 4) is 67.5 Å². The van der Waals surface area contributed by atoms with Gasteiger partial charge in [-0.2, -0.15) is 0 Å².